The standard InChI is InChI=1S/C15H12BrNO3S/c1-20-13-6-2-10(3-7-13)8-11-4-5-12(17(18)19)9-14(11)15(16)21/h2-7,9H,8H2,1H3. The minimum atomic E-state index is -0.425. The normalized spacial score (nSPS) is 10.2. The second-order valence-electron chi connectivity index (χ2n) is 4.40. The van der Waals surface area contributed by atoms with Crippen molar-refractivity contribution >= 4 is 37.6 Å². The number of non-ortho nitro benzene ring substituents is 1. The second kappa shape index (κ2) is 6.78. The topological polar surface area (TPSA) is 52.4 Å². The number of ether oxygens (including phenoxy) is 1. The number of nitrogens with zero attached hydrogens (tertiary/aromatic N) is 1. The van der Waals surface area contributed by atoms with Crippen molar-refractivity contribution in [3.05, 3.63) is 69.3 Å². The summed E-state index contributed by atoms with van der Waals surface area (Å²) in [4.78, 5) is 10.4. The van der Waals surface area contributed by atoms with Crippen LogP contribution in [0.4, 0.5) is 5.69 Å². The van der Waals surface area contributed by atoms with Gasteiger partial charge in [-0.2, -0.15) is 0 Å². The fourth-order valence-corrected chi connectivity index (χ4v) is 2.54. The molecule has 0 aromatic heterocycles. The molecule has 0 spiro atoms. The first kappa shape index (κ1) is 15.6. The van der Waals surface area contributed by atoms with Crippen molar-refractivity contribution in [3.63, 3.8) is 0 Å². The molecule has 0 radical (unpaired) electrons. The first-order valence-electron chi connectivity index (χ1n) is 6.11. The molecule has 4 nitrogen and oxygen atoms in total. The fourth-order valence-electron chi connectivity index (χ4n) is 1.98. The molecule has 6 heteroatoms. The van der Waals surface area contributed by atoms with E-state index >= 15 is 0 Å². The van der Waals surface area contributed by atoms with Gasteiger partial charge in [0.2, 0.25) is 0 Å². The van der Waals surface area contributed by atoms with Gasteiger partial charge in [-0.25, -0.2) is 0 Å². The Labute approximate surface area is 136 Å². The van der Waals surface area contributed by atoms with Crippen LogP contribution in [0.15, 0.2) is 42.5 Å². The molecule has 0 atom stereocenters. The van der Waals surface area contributed by atoms with Crippen LogP contribution in [0.1, 0.15) is 16.7 Å². The van der Waals surface area contributed by atoms with Gasteiger partial charge >= 0.3 is 0 Å². The average molecular weight is 366 g/mol. The zero-order chi connectivity index (χ0) is 15.4. The highest BCUT2D eigenvalue weighted by Crippen LogP contribution is 2.24. The number of benzene rings is 2. The minimum Gasteiger partial charge on any atom is -0.497 e. The number of thiocarbonyl (C=S) groups is 1. The van der Waals surface area contributed by atoms with Crippen LogP contribution < -0.4 is 4.74 Å². The van der Waals surface area contributed by atoms with Gasteiger partial charge in [-0.3, -0.25) is 10.1 Å². The van der Waals surface area contributed by atoms with Crippen molar-refractivity contribution in [1.82, 2.24) is 0 Å². The van der Waals surface area contributed by atoms with Crippen molar-refractivity contribution in [3.8, 4) is 5.75 Å². The number of nitro benzene ring substituents is 1. The molecule has 0 aliphatic rings. The lowest BCUT2D eigenvalue weighted by molar-refractivity contribution is -0.384. The molecule has 0 heterocycles. The Hall–Kier alpha value is -1.79. The molecule has 108 valence electrons. The Kier molecular flexibility index (Phi) is 5.03. The van der Waals surface area contributed by atoms with Gasteiger partial charge in [0.1, 0.15) is 5.75 Å². The Morgan fingerprint density at radius 1 is 1.29 bits per heavy atom. The van der Waals surface area contributed by atoms with Gasteiger partial charge in [0.15, 0.2) is 0 Å². The molecule has 0 amide bonds. The highest BCUT2D eigenvalue weighted by molar-refractivity contribution is 9.20. The van der Waals surface area contributed by atoms with Crippen LogP contribution in [0.25, 0.3) is 0 Å². The van der Waals surface area contributed by atoms with Crippen LogP contribution >= 0.6 is 28.1 Å². The molecule has 2 aromatic carbocycles. The summed E-state index contributed by atoms with van der Waals surface area (Å²) in [6, 6.07) is 12.4. The van der Waals surface area contributed by atoms with E-state index in [-0.39, 0.29) is 5.69 Å². The monoisotopic (exact) mass is 365 g/mol. The van der Waals surface area contributed by atoms with E-state index in [1.165, 1.54) is 12.1 Å². The molecule has 21 heavy (non-hydrogen) atoms. The number of rotatable bonds is 5. The molecule has 0 aliphatic heterocycles. The highest BCUT2D eigenvalue weighted by atomic mass is 79.9. The maximum absolute atomic E-state index is 10.8. The average Bonchev–Trinajstić information content (AvgIpc) is 2.48. The zero-order valence-electron chi connectivity index (χ0n) is 11.2. The van der Waals surface area contributed by atoms with Crippen LogP contribution in [0.5, 0.6) is 5.75 Å². The van der Waals surface area contributed by atoms with Gasteiger partial charge in [0.25, 0.3) is 5.69 Å². The van der Waals surface area contributed by atoms with Crippen LogP contribution in [0.3, 0.4) is 0 Å². The predicted octanol–water partition coefficient (Wildman–Crippen LogP) is 4.26. The van der Waals surface area contributed by atoms with Crippen LogP contribution in [-0.4, -0.2) is 15.8 Å². The molecule has 0 bridgehead atoms. The SMILES string of the molecule is COc1ccc(Cc2ccc([N+](=O)[O-])cc2C(=S)Br)cc1. The van der Waals surface area contributed by atoms with E-state index in [9.17, 15) is 10.1 Å². The number of methoxy groups -OCH3 is 1. The second-order valence-corrected chi connectivity index (χ2v) is 6.12. The van der Waals surface area contributed by atoms with Gasteiger partial charge in [-0.1, -0.05) is 30.4 Å². The molecule has 0 unspecified atom stereocenters. The van der Waals surface area contributed by atoms with E-state index in [4.69, 9.17) is 17.0 Å². The largest absolute Gasteiger partial charge is 0.497 e. The van der Waals surface area contributed by atoms with E-state index in [2.05, 4.69) is 15.9 Å². The lowest BCUT2D eigenvalue weighted by Crippen LogP contribution is -2.00. The fraction of sp³-hybridized carbons (Fsp3) is 0.133. The third-order valence-corrected chi connectivity index (χ3v) is 3.72. The molecular weight excluding hydrogens is 354 g/mol. The van der Waals surface area contributed by atoms with Crippen LogP contribution in [-0.2, 0) is 6.42 Å². The highest BCUT2D eigenvalue weighted by Gasteiger charge is 2.13. The lowest BCUT2D eigenvalue weighted by atomic mass is 10.00. The number of nitro groups is 1. The maximum Gasteiger partial charge on any atom is 0.270 e. The van der Waals surface area contributed by atoms with Crippen molar-refractivity contribution in [2.24, 2.45) is 0 Å². The molecule has 2 aromatic rings. The number of hydrogen-bond acceptors (Lipinski definition) is 4. The molecule has 0 N–H and O–H groups in total. The zero-order valence-corrected chi connectivity index (χ0v) is 13.6. The summed E-state index contributed by atoms with van der Waals surface area (Å²) in [5.74, 6) is 0.790. The molecule has 0 saturated carbocycles. The molecule has 0 saturated heterocycles. The third kappa shape index (κ3) is 3.86. The Morgan fingerprint density at radius 3 is 2.48 bits per heavy atom. The van der Waals surface area contributed by atoms with Gasteiger partial charge in [0.05, 0.1) is 15.8 Å². The summed E-state index contributed by atoms with van der Waals surface area (Å²) in [6.45, 7) is 0. The summed E-state index contributed by atoms with van der Waals surface area (Å²) in [7, 11) is 1.62. The number of hydrogen-bond donors (Lipinski definition) is 0. The molecule has 0 fully saturated rings. The number of halogens is 1. The van der Waals surface area contributed by atoms with E-state index in [1.54, 1.807) is 13.2 Å². The van der Waals surface area contributed by atoms with E-state index in [1.807, 2.05) is 24.3 Å². The van der Waals surface area contributed by atoms with E-state index in [0.717, 1.165) is 16.9 Å². The summed E-state index contributed by atoms with van der Waals surface area (Å²) < 4.78 is 5.59. The smallest absolute Gasteiger partial charge is 0.270 e. The first-order chi connectivity index (χ1) is 10.0. The van der Waals surface area contributed by atoms with Gasteiger partial charge in [-0.15, -0.1) is 0 Å². The lowest BCUT2D eigenvalue weighted by Gasteiger charge is -2.08. The summed E-state index contributed by atoms with van der Waals surface area (Å²) in [5.41, 5.74) is 2.72. The first-order valence-corrected chi connectivity index (χ1v) is 7.31. The molecular formula is C15H12BrNO3S. The Balaban J connectivity index is 2.34. The van der Waals surface area contributed by atoms with Crippen molar-refractivity contribution < 1.29 is 9.66 Å². The quantitative estimate of drug-likeness (QED) is 0.343. The maximum atomic E-state index is 10.8. The summed E-state index contributed by atoms with van der Waals surface area (Å²) in [5, 5.41) is 10.8. The van der Waals surface area contributed by atoms with Gasteiger partial charge in [-0.05, 0) is 45.6 Å². The third-order valence-electron chi connectivity index (χ3n) is 3.07. The van der Waals surface area contributed by atoms with Gasteiger partial charge < -0.3 is 4.74 Å². The van der Waals surface area contributed by atoms with Crippen LogP contribution in [0.2, 0.25) is 0 Å². The van der Waals surface area contributed by atoms with E-state index in [0.29, 0.717) is 15.8 Å². The Bertz CT molecular complexity index is 686. The van der Waals surface area contributed by atoms with Crippen LogP contribution in [0, 0.1) is 10.1 Å². The van der Waals surface area contributed by atoms with Crippen molar-refractivity contribution in [2.75, 3.05) is 7.11 Å². The summed E-state index contributed by atoms with van der Waals surface area (Å²) in [6.07, 6.45) is 0.642. The van der Waals surface area contributed by atoms with Gasteiger partial charge in [0, 0.05) is 17.7 Å². The predicted molar refractivity (Wildman–Crippen MR) is 89.5 cm³/mol. The molecule has 2 rings (SSSR count). The molecule has 0 aliphatic carbocycles. The minimum absolute atomic E-state index is 0.0327. The summed E-state index contributed by atoms with van der Waals surface area (Å²) >= 11 is 8.37. The Morgan fingerprint density at radius 2 is 1.95 bits per heavy atom. The van der Waals surface area contributed by atoms with Crippen molar-refractivity contribution in [2.45, 2.75) is 6.42 Å². The van der Waals surface area contributed by atoms with Crippen molar-refractivity contribution in [1.29, 1.82) is 0 Å². The van der Waals surface area contributed by atoms with E-state index < -0.39 is 4.92 Å².